The highest BCUT2D eigenvalue weighted by Crippen LogP contribution is 2.29. The number of amides is 4. The van der Waals surface area contributed by atoms with Crippen LogP contribution in [0.5, 0.6) is 5.75 Å². The van der Waals surface area contributed by atoms with Crippen LogP contribution in [0.15, 0.2) is 42.5 Å². The molecule has 258 valence electrons. The van der Waals surface area contributed by atoms with E-state index in [1.807, 2.05) is 20.9 Å². The summed E-state index contributed by atoms with van der Waals surface area (Å²) < 4.78 is 26.0. The van der Waals surface area contributed by atoms with E-state index in [4.69, 9.17) is 9.47 Å². The van der Waals surface area contributed by atoms with Crippen molar-refractivity contribution in [1.29, 1.82) is 0 Å². The molecular formula is C36H51FN4O6. The molecule has 2 aromatic carbocycles. The van der Waals surface area contributed by atoms with Gasteiger partial charge in [-0.25, -0.2) is 9.18 Å². The number of nitrogens with zero attached hydrogens (tertiary/aromatic N) is 2. The van der Waals surface area contributed by atoms with Crippen LogP contribution in [-0.4, -0.2) is 84.4 Å². The molecule has 2 aromatic rings. The minimum absolute atomic E-state index is 0.0496. The molecule has 1 fully saturated rings. The predicted molar refractivity (Wildman–Crippen MR) is 180 cm³/mol. The number of carbonyl (C=O) groups excluding carboxylic acids is 3. The Labute approximate surface area is 278 Å². The number of nitrogens with one attached hydrogen (secondary N) is 2. The number of fused-ring (bicyclic) bond motifs is 1. The fraction of sp³-hybridized carbons (Fsp3) is 0.583. The van der Waals surface area contributed by atoms with Gasteiger partial charge in [-0.3, -0.25) is 9.59 Å². The summed E-state index contributed by atoms with van der Waals surface area (Å²) >= 11 is 0. The third kappa shape index (κ3) is 10.4. The average molecular weight is 655 g/mol. The smallest absolute Gasteiger partial charge is 0.323 e. The maximum Gasteiger partial charge on any atom is 0.323 e. The van der Waals surface area contributed by atoms with Gasteiger partial charge in [-0.1, -0.05) is 26.2 Å². The van der Waals surface area contributed by atoms with Gasteiger partial charge in [-0.2, -0.15) is 0 Å². The SMILES string of the molecule is C[C@@H]1CN([C@H](C)CO)C(=O)c2cc(NC(=O)Nc3ccc(F)cc3)ccc2O[C@@H](C)CCCCO[C@H]1CN(C)C(=O)C1CCCCC1. The number of aliphatic hydroxyl groups excluding tert-OH is 1. The molecule has 0 saturated heterocycles. The van der Waals surface area contributed by atoms with Crippen molar-refractivity contribution in [2.24, 2.45) is 11.8 Å². The van der Waals surface area contributed by atoms with Crippen molar-refractivity contribution in [1.82, 2.24) is 9.80 Å². The van der Waals surface area contributed by atoms with E-state index in [-0.39, 0.29) is 54.6 Å². The monoisotopic (exact) mass is 654 g/mol. The Hall–Kier alpha value is -3.70. The lowest BCUT2D eigenvalue weighted by Crippen LogP contribution is -2.48. The lowest BCUT2D eigenvalue weighted by molar-refractivity contribution is -0.137. The van der Waals surface area contributed by atoms with Crippen LogP contribution < -0.4 is 15.4 Å². The van der Waals surface area contributed by atoms with Gasteiger partial charge in [0.15, 0.2) is 0 Å². The first-order valence-corrected chi connectivity index (χ1v) is 17.0. The number of benzene rings is 2. The van der Waals surface area contributed by atoms with Crippen LogP contribution in [0.3, 0.4) is 0 Å². The Morgan fingerprint density at radius 1 is 1.00 bits per heavy atom. The summed E-state index contributed by atoms with van der Waals surface area (Å²) in [6, 6.07) is 9.23. The summed E-state index contributed by atoms with van der Waals surface area (Å²) in [6.45, 7) is 6.71. The van der Waals surface area contributed by atoms with Gasteiger partial charge in [0.25, 0.3) is 5.91 Å². The molecule has 2 aliphatic rings. The molecule has 3 N–H and O–H groups in total. The molecule has 11 heteroatoms. The maximum atomic E-state index is 14.3. The highest BCUT2D eigenvalue weighted by Gasteiger charge is 2.32. The van der Waals surface area contributed by atoms with Crippen LogP contribution >= 0.6 is 0 Å². The molecule has 10 nitrogen and oxygen atoms in total. The van der Waals surface area contributed by atoms with Crippen LogP contribution in [0.4, 0.5) is 20.6 Å². The van der Waals surface area contributed by atoms with Gasteiger partial charge in [0.1, 0.15) is 11.6 Å². The molecule has 1 aliphatic heterocycles. The Bertz CT molecular complexity index is 1340. The second-order valence-electron chi connectivity index (χ2n) is 13.2. The lowest BCUT2D eigenvalue weighted by Gasteiger charge is -2.36. The van der Waals surface area contributed by atoms with Crippen molar-refractivity contribution in [3.63, 3.8) is 0 Å². The van der Waals surface area contributed by atoms with E-state index < -0.39 is 17.9 Å². The third-order valence-corrected chi connectivity index (χ3v) is 9.20. The number of ether oxygens (including phenoxy) is 2. The van der Waals surface area contributed by atoms with E-state index in [0.29, 0.717) is 30.3 Å². The highest BCUT2D eigenvalue weighted by molar-refractivity contribution is 6.02. The molecule has 4 atom stereocenters. The zero-order valence-corrected chi connectivity index (χ0v) is 28.2. The molecule has 0 unspecified atom stereocenters. The zero-order valence-electron chi connectivity index (χ0n) is 28.2. The normalized spacial score (nSPS) is 22.3. The topological polar surface area (TPSA) is 120 Å². The first kappa shape index (κ1) is 36.1. The van der Waals surface area contributed by atoms with Gasteiger partial charge in [0.2, 0.25) is 5.91 Å². The first-order chi connectivity index (χ1) is 22.5. The second kappa shape index (κ2) is 17.5. The van der Waals surface area contributed by atoms with Crippen molar-refractivity contribution >= 4 is 29.2 Å². The van der Waals surface area contributed by atoms with E-state index in [2.05, 4.69) is 10.6 Å². The number of aliphatic hydroxyl groups is 1. The van der Waals surface area contributed by atoms with E-state index in [9.17, 15) is 23.9 Å². The summed E-state index contributed by atoms with van der Waals surface area (Å²) in [5, 5.41) is 15.6. The van der Waals surface area contributed by atoms with Crippen LogP contribution in [-0.2, 0) is 9.53 Å². The quantitative estimate of drug-likeness (QED) is 0.322. The standard InChI is InChI=1S/C36H51FN4O6/c1-24-21-41(25(2)23-42)35(44)31-20-30(39-36(45)38-29-15-13-28(37)14-16-29)17-18-32(31)47-26(3)10-8-9-19-46-33(24)22-40(4)34(43)27-11-6-5-7-12-27/h13-18,20,24-27,33,42H,5-12,19,21-23H2,1-4H3,(H2,38,39,45)/t24-,25-,26+,33+/m1/s1. The summed E-state index contributed by atoms with van der Waals surface area (Å²) in [7, 11) is 1.84. The summed E-state index contributed by atoms with van der Waals surface area (Å²) in [4.78, 5) is 43.8. The van der Waals surface area contributed by atoms with Crippen molar-refractivity contribution in [2.75, 3.05) is 44.0 Å². The molecule has 0 spiro atoms. The highest BCUT2D eigenvalue weighted by atomic mass is 19.1. The Morgan fingerprint density at radius 2 is 1.66 bits per heavy atom. The molecule has 1 heterocycles. The largest absolute Gasteiger partial charge is 0.490 e. The zero-order chi connectivity index (χ0) is 33.9. The number of carbonyl (C=O) groups is 3. The molecule has 1 saturated carbocycles. The van der Waals surface area contributed by atoms with Gasteiger partial charge in [0.05, 0.1) is 30.4 Å². The molecule has 4 rings (SSSR count). The number of hydrogen-bond acceptors (Lipinski definition) is 6. The number of halogens is 1. The van der Waals surface area contributed by atoms with Crippen molar-refractivity contribution < 1.29 is 33.4 Å². The van der Waals surface area contributed by atoms with Crippen LogP contribution in [0.1, 0.15) is 82.5 Å². The second-order valence-corrected chi connectivity index (χ2v) is 13.2. The molecular weight excluding hydrogens is 603 g/mol. The van der Waals surface area contributed by atoms with Gasteiger partial charge < -0.3 is 35.0 Å². The molecule has 0 radical (unpaired) electrons. The van der Waals surface area contributed by atoms with Crippen molar-refractivity contribution in [3.05, 3.63) is 53.8 Å². The maximum absolute atomic E-state index is 14.3. The van der Waals surface area contributed by atoms with Gasteiger partial charge >= 0.3 is 6.03 Å². The lowest BCUT2D eigenvalue weighted by atomic mass is 9.88. The van der Waals surface area contributed by atoms with Crippen molar-refractivity contribution in [2.45, 2.75) is 90.4 Å². The Morgan fingerprint density at radius 3 is 2.36 bits per heavy atom. The van der Waals surface area contributed by atoms with E-state index >= 15 is 0 Å². The average Bonchev–Trinajstić information content (AvgIpc) is 3.07. The summed E-state index contributed by atoms with van der Waals surface area (Å²) in [6.07, 6.45) is 7.11. The van der Waals surface area contributed by atoms with Gasteiger partial charge in [-0.05, 0) is 88.4 Å². The molecule has 0 aromatic heterocycles. The first-order valence-electron chi connectivity index (χ1n) is 17.0. The molecule has 4 amide bonds. The summed E-state index contributed by atoms with van der Waals surface area (Å²) in [5.74, 6) is -0.344. The molecule has 1 aliphatic carbocycles. The Balaban J connectivity index is 1.58. The summed E-state index contributed by atoms with van der Waals surface area (Å²) in [5.41, 5.74) is 1.03. The van der Waals surface area contributed by atoms with Crippen LogP contribution in [0.25, 0.3) is 0 Å². The van der Waals surface area contributed by atoms with E-state index in [0.717, 1.165) is 44.9 Å². The number of anilines is 2. The Kier molecular flexibility index (Phi) is 13.4. The molecule has 47 heavy (non-hydrogen) atoms. The van der Waals surface area contributed by atoms with Crippen LogP contribution in [0.2, 0.25) is 0 Å². The van der Waals surface area contributed by atoms with Gasteiger partial charge in [-0.15, -0.1) is 0 Å². The fourth-order valence-corrected chi connectivity index (χ4v) is 6.31. The van der Waals surface area contributed by atoms with Crippen molar-refractivity contribution in [3.8, 4) is 5.75 Å². The number of hydrogen-bond donors (Lipinski definition) is 3. The van der Waals surface area contributed by atoms with Crippen LogP contribution in [0, 0.1) is 17.7 Å². The van der Waals surface area contributed by atoms with E-state index in [1.54, 1.807) is 34.9 Å². The minimum Gasteiger partial charge on any atom is -0.490 e. The molecule has 0 bridgehead atoms. The predicted octanol–water partition coefficient (Wildman–Crippen LogP) is 6.30. The fourth-order valence-electron chi connectivity index (χ4n) is 6.31. The number of urea groups is 1. The number of rotatable bonds is 7. The minimum atomic E-state index is -0.555. The number of likely N-dealkylation sites (N-methyl/N-ethyl adjacent to an activating group) is 1. The van der Waals surface area contributed by atoms with E-state index in [1.165, 1.54) is 30.7 Å². The van der Waals surface area contributed by atoms with Gasteiger partial charge in [0, 0.05) is 50.0 Å². The third-order valence-electron chi connectivity index (χ3n) is 9.20.